The predicted molar refractivity (Wildman–Crippen MR) is 91.8 cm³/mol. The molecule has 0 amide bonds. The number of rotatable bonds is 3. The van der Waals surface area contributed by atoms with Crippen LogP contribution >= 0.6 is 0 Å². The van der Waals surface area contributed by atoms with Crippen LogP contribution in [-0.2, 0) is 21.2 Å². The van der Waals surface area contributed by atoms with E-state index in [4.69, 9.17) is 10.00 Å². The van der Waals surface area contributed by atoms with Crippen molar-refractivity contribution >= 4 is 21.7 Å². The number of fused-ring (bicyclic) bond motifs is 1. The molecule has 1 aliphatic heterocycles. The third-order valence-electron chi connectivity index (χ3n) is 4.18. The van der Waals surface area contributed by atoms with Crippen LogP contribution in [-0.4, -0.2) is 28.0 Å². The van der Waals surface area contributed by atoms with Gasteiger partial charge < -0.3 is 4.74 Å². The maximum Gasteiger partial charge on any atom is 0.338 e. The number of nitriles is 1. The topological polar surface area (TPSA) is 87.5 Å². The van der Waals surface area contributed by atoms with Gasteiger partial charge in [0.05, 0.1) is 34.9 Å². The van der Waals surface area contributed by atoms with Crippen LogP contribution in [0.4, 0.5) is 5.69 Å². The van der Waals surface area contributed by atoms with Crippen molar-refractivity contribution in [2.24, 2.45) is 0 Å². The van der Waals surface area contributed by atoms with Crippen LogP contribution in [0.5, 0.6) is 0 Å². The van der Waals surface area contributed by atoms with Gasteiger partial charge in [-0.25, -0.2) is 13.2 Å². The maximum atomic E-state index is 13.0. The number of hydrogen-bond donors (Lipinski definition) is 0. The molecule has 0 saturated heterocycles. The first-order valence-corrected chi connectivity index (χ1v) is 9.16. The van der Waals surface area contributed by atoms with Crippen LogP contribution < -0.4 is 4.31 Å². The Morgan fingerprint density at radius 3 is 2.56 bits per heavy atom. The Morgan fingerprint density at radius 1 is 1.20 bits per heavy atom. The number of methoxy groups -OCH3 is 1. The number of anilines is 1. The minimum Gasteiger partial charge on any atom is -0.465 e. The number of carbonyl (C=O) groups excluding carboxylic acids is 1. The third-order valence-corrected chi connectivity index (χ3v) is 6.01. The van der Waals surface area contributed by atoms with Gasteiger partial charge in [0.1, 0.15) is 0 Å². The molecule has 2 aromatic rings. The molecule has 1 aliphatic rings. The highest BCUT2D eigenvalue weighted by molar-refractivity contribution is 7.92. The molecule has 7 heteroatoms. The molecule has 0 radical (unpaired) electrons. The highest BCUT2D eigenvalue weighted by atomic mass is 32.2. The number of benzene rings is 2. The second kappa shape index (κ2) is 6.57. The number of nitrogens with zero attached hydrogens (tertiary/aromatic N) is 2. The summed E-state index contributed by atoms with van der Waals surface area (Å²) in [4.78, 5) is 12.1. The molecule has 0 atom stereocenters. The quantitative estimate of drug-likeness (QED) is 0.789. The fourth-order valence-electron chi connectivity index (χ4n) is 2.97. The molecule has 128 valence electrons. The Bertz CT molecular complexity index is 960. The maximum absolute atomic E-state index is 13.0. The van der Waals surface area contributed by atoms with Crippen molar-refractivity contribution < 1.29 is 17.9 Å². The summed E-state index contributed by atoms with van der Waals surface area (Å²) in [6, 6.07) is 12.8. The average Bonchev–Trinajstić information content (AvgIpc) is 2.66. The molecule has 1 heterocycles. The van der Waals surface area contributed by atoms with Gasteiger partial charge in [-0.1, -0.05) is 6.07 Å². The molecule has 0 N–H and O–H groups in total. The van der Waals surface area contributed by atoms with Crippen LogP contribution in [0, 0.1) is 11.3 Å². The van der Waals surface area contributed by atoms with E-state index in [1.54, 1.807) is 18.2 Å². The summed E-state index contributed by atoms with van der Waals surface area (Å²) < 4.78 is 32.2. The van der Waals surface area contributed by atoms with Gasteiger partial charge in [0.15, 0.2) is 0 Å². The molecular weight excluding hydrogens is 340 g/mol. The second-order valence-corrected chi connectivity index (χ2v) is 7.47. The molecule has 0 aromatic heterocycles. The summed E-state index contributed by atoms with van der Waals surface area (Å²) >= 11 is 0. The third kappa shape index (κ3) is 2.96. The first-order valence-electron chi connectivity index (χ1n) is 7.72. The lowest BCUT2D eigenvalue weighted by molar-refractivity contribution is 0.0599. The largest absolute Gasteiger partial charge is 0.465 e. The van der Waals surface area contributed by atoms with E-state index in [2.05, 4.69) is 0 Å². The van der Waals surface area contributed by atoms with E-state index < -0.39 is 16.0 Å². The SMILES string of the molecule is COC(=O)c1cccc2c1CCCN2S(=O)(=O)c1ccc(C#N)cc1. The molecule has 0 unspecified atom stereocenters. The molecule has 0 spiro atoms. The van der Waals surface area contributed by atoms with Crippen molar-refractivity contribution in [3.63, 3.8) is 0 Å². The summed E-state index contributed by atoms with van der Waals surface area (Å²) in [5, 5.41) is 8.86. The van der Waals surface area contributed by atoms with Crippen molar-refractivity contribution in [3.05, 3.63) is 59.2 Å². The van der Waals surface area contributed by atoms with Crippen molar-refractivity contribution in [2.75, 3.05) is 18.0 Å². The second-order valence-electron chi connectivity index (χ2n) is 5.61. The summed E-state index contributed by atoms with van der Waals surface area (Å²) in [6.45, 7) is 0.333. The molecule has 0 fully saturated rings. The van der Waals surface area contributed by atoms with Gasteiger partial charge in [0.2, 0.25) is 0 Å². The lowest BCUT2D eigenvalue weighted by Gasteiger charge is -2.31. The van der Waals surface area contributed by atoms with Crippen LogP contribution in [0.2, 0.25) is 0 Å². The average molecular weight is 356 g/mol. The Morgan fingerprint density at radius 2 is 1.92 bits per heavy atom. The summed E-state index contributed by atoms with van der Waals surface area (Å²) in [5.41, 5.74) is 1.96. The lowest BCUT2D eigenvalue weighted by Crippen LogP contribution is -2.36. The minimum atomic E-state index is -3.78. The van der Waals surface area contributed by atoms with E-state index in [9.17, 15) is 13.2 Å². The zero-order valence-electron chi connectivity index (χ0n) is 13.6. The molecule has 0 bridgehead atoms. The molecule has 0 aliphatic carbocycles. The van der Waals surface area contributed by atoms with Crippen LogP contribution in [0.1, 0.15) is 27.9 Å². The van der Waals surface area contributed by atoms with Gasteiger partial charge >= 0.3 is 5.97 Å². The summed E-state index contributed by atoms with van der Waals surface area (Å²) in [7, 11) is -2.48. The molecule has 3 rings (SSSR count). The van der Waals surface area contributed by atoms with Crippen molar-refractivity contribution in [3.8, 4) is 6.07 Å². The smallest absolute Gasteiger partial charge is 0.338 e. The van der Waals surface area contributed by atoms with Gasteiger partial charge in [-0.15, -0.1) is 0 Å². The van der Waals surface area contributed by atoms with Gasteiger partial charge in [0, 0.05) is 6.54 Å². The standard InChI is InChI=1S/C18H16N2O4S/c1-24-18(21)16-4-2-6-17-15(16)5-3-11-20(17)25(22,23)14-9-7-13(12-19)8-10-14/h2,4,6-10H,3,5,11H2,1H3. The first kappa shape index (κ1) is 17.0. The fraction of sp³-hybridized carbons (Fsp3) is 0.222. The normalized spacial score (nSPS) is 13.7. The van der Waals surface area contributed by atoms with E-state index in [-0.39, 0.29) is 4.90 Å². The molecule has 0 saturated carbocycles. The monoisotopic (exact) mass is 356 g/mol. The summed E-state index contributed by atoms with van der Waals surface area (Å²) in [6.07, 6.45) is 1.22. The van der Waals surface area contributed by atoms with Gasteiger partial charge in [0.25, 0.3) is 10.0 Å². The zero-order chi connectivity index (χ0) is 18.0. The molecule has 2 aromatic carbocycles. The van der Waals surface area contributed by atoms with E-state index >= 15 is 0 Å². The first-order chi connectivity index (χ1) is 12.0. The lowest BCUT2D eigenvalue weighted by atomic mass is 9.98. The minimum absolute atomic E-state index is 0.114. The summed E-state index contributed by atoms with van der Waals surface area (Å²) in [5.74, 6) is -0.477. The Kier molecular flexibility index (Phi) is 4.47. The molecule has 25 heavy (non-hydrogen) atoms. The highest BCUT2D eigenvalue weighted by Gasteiger charge is 2.31. The van der Waals surface area contributed by atoms with Crippen LogP contribution in [0.15, 0.2) is 47.4 Å². The fourth-order valence-corrected chi connectivity index (χ4v) is 4.50. The van der Waals surface area contributed by atoms with Gasteiger partial charge in [-0.2, -0.15) is 5.26 Å². The number of sulfonamides is 1. The van der Waals surface area contributed by atoms with E-state index in [0.29, 0.717) is 41.8 Å². The number of carbonyl (C=O) groups is 1. The Hall–Kier alpha value is -2.85. The van der Waals surface area contributed by atoms with E-state index in [0.717, 1.165) is 0 Å². The highest BCUT2D eigenvalue weighted by Crippen LogP contribution is 2.34. The Labute approximate surface area is 146 Å². The van der Waals surface area contributed by atoms with Crippen molar-refractivity contribution in [1.82, 2.24) is 0 Å². The van der Waals surface area contributed by atoms with Gasteiger partial charge in [-0.05, 0) is 54.8 Å². The molecular formula is C18H16N2O4S. The predicted octanol–water partition coefficient (Wildman–Crippen LogP) is 2.49. The number of esters is 1. The number of ether oxygens (including phenoxy) is 1. The molecule has 6 nitrogen and oxygen atoms in total. The van der Waals surface area contributed by atoms with Crippen LogP contribution in [0.3, 0.4) is 0 Å². The van der Waals surface area contributed by atoms with E-state index in [1.807, 2.05) is 6.07 Å². The zero-order valence-corrected chi connectivity index (χ0v) is 14.4. The number of hydrogen-bond acceptors (Lipinski definition) is 5. The van der Waals surface area contributed by atoms with Gasteiger partial charge in [-0.3, -0.25) is 4.31 Å². The Balaban J connectivity index is 2.08. The van der Waals surface area contributed by atoms with Crippen molar-refractivity contribution in [2.45, 2.75) is 17.7 Å². The van der Waals surface area contributed by atoms with E-state index in [1.165, 1.54) is 35.7 Å². The van der Waals surface area contributed by atoms with Crippen LogP contribution in [0.25, 0.3) is 0 Å². The van der Waals surface area contributed by atoms with Crippen molar-refractivity contribution in [1.29, 1.82) is 5.26 Å².